The number of fused-ring (bicyclic) bond motifs is 1. The highest BCUT2D eigenvalue weighted by Crippen LogP contribution is 2.40. The highest BCUT2D eigenvalue weighted by molar-refractivity contribution is 6.06. The summed E-state index contributed by atoms with van der Waals surface area (Å²) in [5.74, 6) is 2.59. The van der Waals surface area contributed by atoms with Gasteiger partial charge in [-0.3, -0.25) is 4.79 Å². The standard InChI is InChI=1S/C34H31N5O4/c1-22-30(33(40)36-26-14-8-5-9-15-26)31(39-34(35-22)37-32(38-39)25-13-10-16-27(19-25)41-2)24-17-18-28(29(20-24)42-3)43-21-23-11-6-4-7-12-23/h4-20,31H,21H2,1-3H3,(H,36,40)(H,35,37,38). The van der Waals surface area contributed by atoms with Crippen LogP contribution in [0.4, 0.5) is 11.6 Å². The second kappa shape index (κ2) is 12.1. The van der Waals surface area contributed by atoms with E-state index in [4.69, 9.17) is 24.3 Å². The number of amides is 1. The maximum absolute atomic E-state index is 13.9. The molecule has 9 heteroatoms. The molecule has 1 aromatic heterocycles. The van der Waals surface area contributed by atoms with Crippen LogP contribution in [0.2, 0.25) is 0 Å². The van der Waals surface area contributed by atoms with E-state index in [1.165, 1.54) is 0 Å². The van der Waals surface area contributed by atoms with Crippen molar-refractivity contribution >= 4 is 17.5 Å². The number of rotatable bonds is 9. The lowest BCUT2D eigenvalue weighted by atomic mass is 9.94. The first-order chi connectivity index (χ1) is 21.0. The highest BCUT2D eigenvalue weighted by atomic mass is 16.5. The third-order valence-electron chi connectivity index (χ3n) is 7.20. The molecule has 1 unspecified atom stereocenters. The van der Waals surface area contributed by atoms with E-state index in [1.54, 1.807) is 18.9 Å². The summed E-state index contributed by atoms with van der Waals surface area (Å²) in [7, 11) is 3.22. The number of ether oxygens (including phenoxy) is 3. The minimum atomic E-state index is -0.608. The molecule has 2 N–H and O–H groups in total. The van der Waals surface area contributed by atoms with Gasteiger partial charge in [0.2, 0.25) is 5.95 Å². The molecule has 2 heterocycles. The van der Waals surface area contributed by atoms with Gasteiger partial charge in [-0.2, -0.15) is 4.98 Å². The number of anilines is 2. The second-order valence-electron chi connectivity index (χ2n) is 10.0. The Labute approximate surface area is 249 Å². The van der Waals surface area contributed by atoms with E-state index in [-0.39, 0.29) is 5.91 Å². The van der Waals surface area contributed by atoms with Crippen LogP contribution in [0.1, 0.15) is 24.1 Å². The lowest BCUT2D eigenvalue weighted by Crippen LogP contribution is -2.31. The Morgan fingerprint density at radius 2 is 1.65 bits per heavy atom. The molecular weight excluding hydrogens is 542 g/mol. The fourth-order valence-electron chi connectivity index (χ4n) is 5.07. The van der Waals surface area contributed by atoms with Gasteiger partial charge < -0.3 is 24.8 Å². The van der Waals surface area contributed by atoms with E-state index in [1.807, 2.05) is 110 Å². The third kappa shape index (κ3) is 5.78. The smallest absolute Gasteiger partial charge is 0.255 e. The Morgan fingerprint density at radius 3 is 2.40 bits per heavy atom. The monoisotopic (exact) mass is 573 g/mol. The first-order valence-electron chi connectivity index (χ1n) is 13.8. The summed E-state index contributed by atoms with van der Waals surface area (Å²) in [6, 6.07) is 31.9. The van der Waals surface area contributed by atoms with Gasteiger partial charge in [0.1, 0.15) is 18.4 Å². The molecule has 6 rings (SSSR count). The maximum atomic E-state index is 13.9. The molecule has 1 atom stereocenters. The normalized spacial score (nSPS) is 14.0. The van der Waals surface area contributed by atoms with Crippen molar-refractivity contribution in [2.45, 2.75) is 19.6 Å². The lowest BCUT2D eigenvalue weighted by Gasteiger charge is -2.29. The molecule has 0 saturated carbocycles. The number of methoxy groups -OCH3 is 2. The first-order valence-corrected chi connectivity index (χ1v) is 13.8. The van der Waals surface area contributed by atoms with Crippen LogP contribution in [0, 0.1) is 0 Å². The molecule has 9 nitrogen and oxygen atoms in total. The summed E-state index contributed by atoms with van der Waals surface area (Å²) in [5.41, 5.74) is 4.47. The van der Waals surface area contributed by atoms with Crippen LogP contribution in [0.15, 0.2) is 114 Å². The van der Waals surface area contributed by atoms with E-state index >= 15 is 0 Å². The zero-order chi connectivity index (χ0) is 29.8. The van der Waals surface area contributed by atoms with Crippen LogP contribution in [0.5, 0.6) is 17.2 Å². The molecule has 1 amide bonds. The van der Waals surface area contributed by atoms with Crippen LogP contribution in [-0.4, -0.2) is 34.9 Å². The van der Waals surface area contributed by atoms with Crippen molar-refractivity contribution in [3.63, 3.8) is 0 Å². The quantitative estimate of drug-likeness (QED) is 0.209. The van der Waals surface area contributed by atoms with Gasteiger partial charge in [-0.1, -0.05) is 66.7 Å². The minimum absolute atomic E-state index is 0.256. The summed E-state index contributed by atoms with van der Waals surface area (Å²) >= 11 is 0. The van der Waals surface area contributed by atoms with Crippen LogP contribution >= 0.6 is 0 Å². The number of nitrogens with zero attached hydrogens (tertiary/aromatic N) is 3. The zero-order valence-corrected chi connectivity index (χ0v) is 24.1. The fraction of sp³-hybridized carbons (Fsp3) is 0.147. The van der Waals surface area contributed by atoms with Crippen LogP contribution in [0.3, 0.4) is 0 Å². The van der Waals surface area contributed by atoms with Gasteiger partial charge in [0.25, 0.3) is 5.91 Å². The first kappa shape index (κ1) is 27.6. The van der Waals surface area contributed by atoms with Crippen molar-refractivity contribution in [2.75, 3.05) is 24.9 Å². The largest absolute Gasteiger partial charge is 0.497 e. The van der Waals surface area contributed by atoms with E-state index in [2.05, 4.69) is 10.6 Å². The van der Waals surface area contributed by atoms with Crippen LogP contribution < -0.4 is 24.8 Å². The van der Waals surface area contributed by atoms with Gasteiger partial charge in [-0.25, -0.2) is 4.68 Å². The molecule has 5 aromatic rings. The van der Waals surface area contributed by atoms with Gasteiger partial charge in [-0.15, -0.1) is 5.10 Å². The molecule has 0 bridgehead atoms. The SMILES string of the molecule is COc1cccc(-c2nc3n(n2)C(c2ccc(OCc4ccccc4)c(OC)c2)C(C(=O)Nc2ccccc2)=C(C)N3)c1. The Kier molecular flexibility index (Phi) is 7.78. The molecule has 1 aliphatic rings. The predicted molar refractivity (Wildman–Crippen MR) is 165 cm³/mol. The summed E-state index contributed by atoms with van der Waals surface area (Å²) in [6.45, 7) is 2.26. The molecule has 0 radical (unpaired) electrons. The number of hydrogen-bond acceptors (Lipinski definition) is 7. The van der Waals surface area contributed by atoms with Gasteiger partial charge in [-0.05, 0) is 54.4 Å². The van der Waals surface area contributed by atoms with E-state index < -0.39 is 6.04 Å². The van der Waals surface area contributed by atoms with Crippen LogP contribution in [0.25, 0.3) is 11.4 Å². The molecular formula is C34H31N5O4. The van der Waals surface area contributed by atoms with Crippen LogP contribution in [-0.2, 0) is 11.4 Å². The minimum Gasteiger partial charge on any atom is -0.497 e. The van der Waals surface area contributed by atoms with Gasteiger partial charge in [0.15, 0.2) is 17.3 Å². The van der Waals surface area contributed by atoms with Gasteiger partial charge in [0, 0.05) is 16.9 Å². The second-order valence-corrected chi connectivity index (χ2v) is 10.0. The number of allylic oxidation sites excluding steroid dienone is 1. The Morgan fingerprint density at radius 1 is 0.884 bits per heavy atom. The van der Waals surface area contributed by atoms with Gasteiger partial charge in [0.05, 0.1) is 19.8 Å². The fourth-order valence-corrected chi connectivity index (χ4v) is 5.07. The van der Waals surface area contributed by atoms with Crippen molar-refractivity contribution in [3.8, 4) is 28.6 Å². The van der Waals surface area contributed by atoms with Crippen molar-refractivity contribution < 1.29 is 19.0 Å². The Bertz CT molecular complexity index is 1780. The zero-order valence-electron chi connectivity index (χ0n) is 24.1. The topological polar surface area (TPSA) is 99.5 Å². The average molecular weight is 574 g/mol. The van der Waals surface area contributed by atoms with Crippen molar-refractivity contribution in [1.29, 1.82) is 0 Å². The van der Waals surface area contributed by atoms with Crippen molar-refractivity contribution in [1.82, 2.24) is 14.8 Å². The molecule has 0 fully saturated rings. The summed E-state index contributed by atoms with van der Waals surface area (Å²) < 4.78 is 19.0. The number of nitrogens with one attached hydrogen (secondary N) is 2. The average Bonchev–Trinajstić information content (AvgIpc) is 3.47. The number of aromatic nitrogens is 3. The summed E-state index contributed by atoms with van der Waals surface area (Å²) in [6.07, 6.45) is 0. The molecule has 1 aliphatic heterocycles. The van der Waals surface area contributed by atoms with E-state index in [0.29, 0.717) is 52.6 Å². The predicted octanol–water partition coefficient (Wildman–Crippen LogP) is 6.47. The van der Waals surface area contributed by atoms with E-state index in [0.717, 1.165) is 16.7 Å². The Hall–Kier alpha value is -5.57. The number of carbonyl (C=O) groups is 1. The van der Waals surface area contributed by atoms with Crippen molar-refractivity contribution in [3.05, 3.63) is 126 Å². The number of hydrogen-bond donors (Lipinski definition) is 2. The molecule has 4 aromatic carbocycles. The molecule has 43 heavy (non-hydrogen) atoms. The molecule has 0 saturated heterocycles. The third-order valence-corrected chi connectivity index (χ3v) is 7.20. The molecule has 216 valence electrons. The number of para-hydroxylation sites is 1. The van der Waals surface area contributed by atoms with Crippen molar-refractivity contribution in [2.24, 2.45) is 0 Å². The summed E-state index contributed by atoms with van der Waals surface area (Å²) in [4.78, 5) is 18.7. The lowest BCUT2D eigenvalue weighted by molar-refractivity contribution is -0.113. The Balaban J connectivity index is 1.41. The maximum Gasteiger partial charge on any atom is 0.255 e. The molecule has 0 aliphatic carbocycles. The van der Waals surface area contributed by atoms with Gasteiger partial charge >= 0.3 is 0 Å². The summed E-state index contributed by atoms with van der Waals surface area (Å²) in [5, 5.41) is 11.2. The number of carbonyl (C=O) groups excluding carboxylic acids is 1. The highest BCUT2D eigenvalue weighted by Gasteiger charge is 2.35. The van der Waals surface area contributed by atoms with E-state index in [9.17, 15) is 4.79 Å². The molecule has 0 spiro atoms. The number of benzene rings is 4.